The van der Waals surface area contributed by atoms with Gasteiger partial charge in [-0.2, -0.15) is 0 Å². The van der Waals surface area contributed by atoms with E-state index in [0.29, 0.717) is 5.02 Å². The van der Waals surface area contributed by atoms with E-state index in [4.69, 9.17) is 11.6 Å². The summed E-state index contributed by atoms with van der Waals surface area (Å²) >= 11 is 5.47. The number of carbonyl (C=O) groups excluding carboxylic acids is 1. The van der Waals surface area contributed by atoms with E-state index < -0.39 is 5.82 Å². The Kier molecular flexibility index (Phi) is 5.31. The normalized spacial score (nSPS) is 8.69. The van der Waals surface area contributed by atoms with Crippen LogP contribution in [0.4, 0.5) is 4.39 Å². The van der Waals surface area contributed by atoms with E-state index in [1.54, 1.807) is 0 Å². The van der Waals surface area contributed by atoms with E-state index in [1.165, 1.54) is 19.1 Å². The average Bonchev–Trinajstić information content (AvgIpc) is 2.07. The van der Waals surface area contributed by atoms with Crippen LogP contribution in [0.1, 0.15) is 31.1 Å². The quantitative estimate of drug-likeness (QED) is 0.635. The number of rotatable bonds is 1. The maximum Gasteiger partial charge on any atom is 0.162 e. The van der Waals surface area contributed by atoms with Gasteiger partial charge in [-0.1, -0.05) is 25.4 Å². The zero-order valence-corrected chi connectivity index (χ0v) is 8.65. The Bertz CT molecular complexity index is 297. The van der Waals surface area contributed by atoms with Crippen LogP contribution in [-0.2, 0) is 0 Å². The second-order valence-corrected chi connectivity index (χ2v) is 2.62. The average molecular weight is 203 g/mol. The van der Waals surface area contributed by atoms with Crippen molar-refractivity contribution in [1.82, 2.24) is 0 Å². The van der Waals surface area contributed by atoms with Gasteiger partial charge in [0.25, 0.3) is 0 Å². The van der Waals surface area contributed by atoms with Crippen LogP contribution < -0.4 is 0 Å². The number of hydrogen-bond acceptors (Lipinski definition) is 1. The first kappa shape index (κ1) is 12.1. The number of ketones is 1. The number of carbonyl (C=O) groups is 1. The van der Waals surface area contributed by atoms with Crippen LogP contribution in [0.15, 0.2) is 18.2 Å². The van der Waals surface area contributed by atoms with E-state index in [9.17, 15) is 9.18 Å². The van der Waals surface area contributed by atoms with Gasteiger partial charge in [0.15, 0.2) is 5.78 Å². The maximum atomic E-state index is 12.8. The maximum absolute atomic E-state index is 12.8. The highest BCUT2D eigenvalue weighted by atomic mass is 35.5. The molecule has 3 heteroatoms. The van der Waals surface area contributed by atoms with Crippen LogP contribution >= 0.6 is 11.6 Å². The zero-order valence-electron chi connectivity index (χ0n) is 7.90. The molecule has 0 atom stereocenters. The molecule has 0 spiro atoms. The smallest absolute Gasteiger partial charge is 0.162 e. The molecule has 0 aliphatic rings. The minimum absolute atomic E-state index is 0.0781. The summed E-state index contributed by atoms with van der Waals surface area (Å²) in [6, 6.07) is 3.99. The van der Waals surface area contributed by atoms with Gasteiger partial charge in [0.1, 0.15) is 5.82 Å². The lowest BCUT2D eigenvalue weighted by Crippen LogP contribution is -1.95. The van der Waals surface area contributed by atoms with Crippen LogP contribution in [0.3, 0.4) is 0 Å². The van der Waals surface area contributed by atoms with Gasteiger partial charge in [-0.15, -0.1) is 0 Å². The van der Waals surface area contributed by atoms with E-state index in [1.807, 2.05) is 13.8 Å². The molecule has 0 fully saturated rings. The summed E-state index contributed by atoms with van der Waals surface area (Å²) in [4.78, 5) is 10.7. The summed E-state index contributed by atoms with van der Waals surface area (Å²) < 4.78 is 12.8. The molecule has 13 heavy (non-hydrogen) atoms. The molecule has 1 rings (SSSR count). The Balaban J connectivity index is 0.000000671. The van der Waals surface area contributed by atoms with Crippen molar-refractivity contribution in [2.24, 2.45) is 0 Å². The lowest BCUT2D eigenvalue weighted by atomic mass is 10.1. The molecular weight excluding hydrogens is 191 g/mol. The van der Waals surface area contributed by atoms with Crippen molar-refractivity contribution in [2.45, 2.75) is 20.8 Å². The van der Waals surface area contributed by atoms with Gasteiger partial charge in [0, 0.05) is 5.02 Å². The van der Waals surface area contributed by atoms with Gasteiger partial charge in [-0.25, -0.2) is 4.39 Å². The summed E-state index contributed by atoms with van der Waals surface area (Å²) in [6.07, 6.45) is 0. The molecule has 0 radical (unpaired) electrons. The van der Waals surface area contributed by atoms with Gasteiger partial charge in [-0.05, 0) is 25.1 Å². The molecule has 0 saturated heterocycles. The second kappa shape index (κ2) is 5.70. The number of halogens is 2. The lowest BCUT2D eigenvalue weighted by Gasteiger charge is -1.96. The van der Waals surface area contributed by atoms with Crippen LogP contribution in [0, 0.1) is 5.82 Å². The molecule has 72 valence electrons. The third-order valence-corrected chi connectivity index (χ3v) is 1.55. The van der Waals surface area contributed by atoms with Crippen molar-refractivity contribution in [1.29, 1.82) is 0 Å². The molecule has 0 bridgehead atoms. The Morgan fingerprint density at radius 2 is 1.92 bits per heavy atom. The largest absolute Gasteiger partial charge is 0.294 e. The summed E-state index contributed by atoms with van der Waals surface area (Å²) in [5.41, 5.74) is 0.0781. The van der Waals surface area contributed by atoms with Crippen LogP contribution in [-0.4, -0.2) is 5.78 Å². The van der Waals surface area contributed by atoms with Gasteiger partial charge in [-0.3, -0.25) is 4.79 Å². The van der Waals surface area contributed by atoms with Crippen molar-refractivity contribution in [3.05, 3.63) is 34.6 Å². The van der Waals surface area contributed by atoms with E-state index in [-0.39, 0.29) is 11.3 Å². The minimum atomic E-state index is -0.565. The first-order valence-electron chi connectivity index (χ1n) is 4.07. The Hall–Kier alpha value is -0.890. The fourth-order valence-electron chi connectivity index (χ4n) is 0.775. The van der Waals surface area contributed by atoms with Gasteiger partial charge < -0.3 is 0 Å². The molecule has 0 amide bonds. The predicted octanol–water partition coefficient (Wildman–Crippen LogP) is 3.71. The van der Waals surface area contributed by atoms with Crippen LogP contribution in [0.25, 0.3) is 0 Å². The summed E-state index contributed by atoms with van der Waals surface area (Å²) in [5, 5.41) is 0.299. The number of Topliss-reactive ketones (excluding diaryl/α,β-unsaturated/α-hetero) is 1. The zero-order chi connectivity index (χ0) is 10.4. The molecule has 0 aromatic heterocycles. The number of hydrogen-bond donors (Lipinski definition) is 0. The van der Waals surface area contributed by atoms with Crippen LogP contribution in [0.5, 0.6) is 0 Å². The molecule has 1 aromatic carbocycles. The fraction of sp³-hybridized carbons (Fsp3) is 0.300. The van der Waals surface area contributed by atoms with Gasteiger partial charge in [0.2, 0.25) is 0 Å². The van der Waals surface area contributed by atoms with Crippen molar-refractivity contribution < 1.29 is 9.18 Å². The summed E-state index contributed by atoms with van der Waals surface area (Å²) in [5.74, 6) is -0.857. The highest BCUT2D eigenvalue weighted by Crippen LogP contribution is 2.14. The minimum Gasteiger partial charge on any atom is -0.294 e. The molecule has 0 N–H and O–H groups in total. The Labute approximate surface area is 82.5 Å². The highest BCUT2D eigenvalue weighted by molar-refractivity contribution is 6.30. The van der Waals surface area contributed by atoms with Crippen LogP contribution in [0.2, 0.25) is 5.02 Å². The van der Waals surface area contributed by atoms with E-state index in [2.05, 4.69) is 0 Å². The highest BCUT2D eigenvalue weighted by Gasteiger charge is 2.05. The van der Waals surface area contributed by atoms with E-state index >= 15 is 0 Å². The third-order valence-electron chi connectivity index (χ3n) is 1.31. The second-order valence-electron chi connectivity index (χ2n) is 2.18. The topological polar surface area (TPSA) is 17.1 Å². The Morgan fingerprint density at radius 3 is 2.31 bits per heavy atom. The van der Waals surface area contributed by atoms with Crippen molar-refractivity contribution in [2.75, 3.05) is 0 Å². The SMILES string of the molecule is CC.CC(=O)c1ccc(Cl)cc1F. The van der Waals surface area contributed by atoms with Crippen molar-refractivity contribution in [3.8, 4) is 0 Å². The monoisotopic (exact) mass is 202 g/mol. The first-order valence-corrected chi connectivity index (χ1v) is 4.45. The lowest BCUT2D eigenvalue weighted by molar-refractivity contribution is 0.101. The Morgan fingerprint density at radius 1 is 1.38 bits per heavy atom. The molecule has 0 heterocycles. The molecule has 0 aliphatic heterocycles. The summed E-state index contributed by atoms with van der Waals surface area (Å²) in [6.45, 7) is 5.31. The van der Waals surface area contributed by atoms with Gasteiger partial charge >= 0.3 is 0 Å². The molecule has 0 aliphatic carbocycles. The van der Waals surface area contributed by atoms with E-state index in [0.717, 1.165) is 6.07 Å². The fourth-order valence-corrected chi connectivity index (χ4v) is 0.934. The predicted molar refractivity (Wildman–Crippen MR) is 52.8 cm³/mol. The van der Waals surface area contributed by atoms with Crippen molar-refractivity contribution >= 4 is 17.4 Å². The third kappa shape index (κ3) is 3.55. The molecule has 0 unspecified atom stereocenters. The number of benzene rings is 1. The van der Waals surface area contributed by atoms with Gasteiger partial charge in [0.05, 0.1) is 5.56 Å². The molecule has 0 saturated carbocycles. The summed E-state index contributed by atoms with van der Waals surface area (Å²) in [7, 11) is 0. The molecule has 1 nitrogen and oxygen atoms in total. The van der Waals surface area contributed by atoms with Crippen molar-refractivity contribution in [3.63, 3.8) is 0 Å². The molecule has 1 aromatic rings. The first-order chi connectivity index (χ1) is 6.11. The standard InChI is InChI=1S/C8H6ClFO.C2H6/c1-5(11)7-3-2-6(9)4-8(7)10;1-2/h2-4H,1H3;1-2H3. The molecular formula is C10H12ClFO.